The molecule has 2 aromatic carbocycles. The van der Waals surface area contributed by atoms with E-state index in [0.29, 0.717) is 16.1 Å². The summed E-state index contributed by atoms with van der Waals surface area (Å²) in [5.74, 6) is -0.391. The Morgan fingerprint density at radius 1 is 1.04 bits per heavy atom. The Balaban J connectivity index is 2.33. The van der Waals surface area contributed by atoms with Gasteiger partial charge in [-0.2, -0.15) is 0 Å². The lowest BCUT2D eigenvalue weighted by molar-refractivity contribution is 0.0942. The fourth-order valence-corrected chi connectivity index (χ4v) is 4.30. The molecule has 1 amide bonds. The number of methoxy groups -OCH3 is 1. The molecule has 0 fully saturated rings. The number of hydrogen-bond acceptors (Lipinski definition) is 4. The number of halogens is 1. The summed E-state index contributed by atoms with van der Waals surface area (Å²) in [6.45, 7) is 7.16. The molecule has 0 aliphatic rings. The summed E-state index contributed by atoms with van der Waals surface area (Å²) in [5.41, 5.74) is 5.32. The third-order valence-electron chi connectivity index (χ3n) is 4.27. The first-order chi connectivity index (χ1) is 12.1. The number of ether oxygens (including phenoxy) is 1. The van der Waals surface area contributed by atoms with Gasteiger partial charge >= 0.3 is 0 Å². The summed E-state index contributed by atoms with van der Waals surface area (Å²) in [7, 11) is -2.55. The molecule has 0 saturated heterocycles. The monoisotopic (exact) mass is 396 g/mol. The van der Waals surface area contributed by atoms with E-state index in [4.69, 9.17) is 16.3 Å². The molecule has 0 aromatic heterocycles. The molecule has 0 radical (unpaired) electrons. The third kappa shape index (κ3) is 4.00. The number of hydrazine groups is 1. The van der Waals surface area contributed by atoms with Crippen LogP contribution in [-0.2, 0) is 10.0 Å². The van der Waals surface area contributed by atoms with E-state index in [1.807, 2.05) is 19.9 Å². The van der Waals surface area contributed by atoms with Crippen molar-refractivity contribution in [3.63, 3.8) is 0 Å². The Hall–Kier alpha value is -2.09. The van der Waals surface area contributed by atoms with Gasteiger partial charge in [0, 0.05) is 5.02 Å². The van der Waals surface area contributed by atoms with Crippen molar-refractivity contribution in [1.82, 2.24) is 10.3 Å². The van der Waals surface area contributed by atoms with E-state index in [1.165, 1.54) is 19.2 Å². The Morgan fingerprint density at radius 2 is 1.62 bits per heavy atom. The summed E-state index contributed by atoms with van der Waals surface area (Å²) in [5, 5.41) is 0.333. The minimum atomic E-state index is -3.96. The van der Waals surface area contributed by atoms with Gasteiger partial charge < -0.3 is 4.74 Å². The molecule has 0 heterocycles. The molecule has 0 bridgehead atoms. The molecule has 2 rings (SSSR count). The second kappa shape index (κ2) is 7.65. The molecular weight excluding hydrogens is 376 g/mol. The van der Waals surface area contributed by atoms with E-state index in [1.54, 1.807) is 19.9 Å². The zero-order valence-electron chi connectivity index (χ0n) is 15.2. The highest BCUT2D eigenvalue weighted by atomic mass is 35.5. The van der Waals surface area contributed by atoms with Crippen molar-refractivity contribution in [3.05, 3.63) is 57.1 Å². The van der Waals surface area contributed by atoms with Gasteiger partial charge in [0.05, 0.1) is 17.6 Å². The Kier molecular flexibility index (Phi) is 5.95. The lowest BCUT2D eigenvalue weighted by Gasteiger charge is -2.17. The average molecular weight is 397 g/mol. The highest BCUT2D eigenvalue weighted by Crippen LogP contribution is 2.26. The summed E-state index contributed by atoms with van der Waals surface area (Å²) in [4.78, 5) is 14.7. The average Bonchev–Trinajstić information content (AvgIpc) is 2.58. The van der Waals surface area contributed by atoms with Crippen LogP contribution in [0.15, 0.2) is 29.2 Å². The highest BCUT2D eigenvalue weighted by molar-refractivity contribution is 7.89. The first-order valence-electron chi connectivity index (χ1n) is 7.81. The van der Waals surface area contributed by atoms with Gasteiger partial charge in [-0.25, -0.2) is 8.42 Å². The number of aryl methyl sites for hydroxylation is 2. The van der Waals surface area contributed by atoms with Crippen molar-refractivity contribution in [3.8, 4) is 5.75 Å². The molecule has 0 aliphatic carbocycles. The number of carbonyl (C=O) groups is 1. The van der Waals surface area contributed by atoms with E-state index in [0.717, 1.165) is 11.1 Å². The Bertz CT molecular complexity index is 945. The van der Waals surface area contributed by atoms with E-state index in [-0.39, 0.29) is 16.2 Å². The quantitative estimate of drug-likeness (QED) is 0.760. The van der Waals surface area contributed by atoms with Gasteiger partial charge in [-0.05, 0) is 68.1 Å². The van der Waals surface area contributed by atoms with Gasteiger partial charge in [0.2, 0.25) is 0 Å². The summed E-state index contributed by atoms with van der Waals surface area (Å²) in [6, 6.07) is 6.43. The zero-order valence-corrected chi connectivity index (χ0v) is 16.8. The van der Waals surface area contributed by atoms with Gasteiger partial charge in [-0.3, -0.25) is 10.2 Å². The number of carbonyl (C=O) groups excluding carboxylic acids is 1. The number of nitrogens with one attached hydrogen (secondary N) is 2. The maximum Gasteiger partial charge on any atom is 0.270 e. The van der Waals surface area contributed by atoms with E-state index < -0.39 is 15.9 Å². The molecule has 0 spiro atoms. The minimum absolute atomic E-state index is 0.122. The summed E-state index contributed by atoms with van der Waals surface area (Å²) >= 11 is 5.91. The van der Waals surface area contributed by atoms with Gasteiger partial charge in [0.1, 0.15) is 5.75 Å². The van der Waals surface area contributed by atoms with Crippen LogP contribution >= 0.6 is 11.6 Å². The molecule has 2 aromatic rings. The minimum Gasteiger partial charge on any atom is -0.496 e. The number of sulfonamides is 1. The molecule has 8 heteroatoms. The van der Waals surface area contributed by atoms with Crippen LogP contribution in [0.3, 0.4) is 0 Å². The van der Waals surface area contributed by atoms with Crippen LogP contribution in [0.4, 0.5) is 0 Å². The van der Waals surface area contributed by atoms with Crippen LogP contribution in [-0.4, -0.2) is 21.4 Å². The summed E-state index contributed by atoms with van der Waals surface area (Å²) < 4.78 is 30.6. The van der Waals surface area contributed by atoms with Crippen LogP contribution in [0.25, 0.3) is 0 Å². The van der Waals surface area contributed by atoms with Crippen molar-refractivity contribution >= 4 is 27.5 Å². The zero-order chi connectivity index (χ0) is 19.6. The first kappa shape index (κ1) is 20.2. The maximum absolute atomic E-state index is 12.8. The van der Waals surface area contributed by atoms with E-state index in [9.17, 15) is 13.2 Å². The lowest BCUT2D eigenvalue weighted by atomic mass is 10.0. The predicted molar refractivity (Wildman–Crippen MR) is 101 cm³/mol. The number of benzene rings is 2. The molecule has 26 heavy (non-hydrogen) atoms. The van der Waals surface area contributed by atoms with Crippen molar-refractivity contribution in [1.29, 1.82) is 0 Å². The van der Waals surface area contributed by atoms with Crippen LogP contribution in [0.5, 0.6) is 5.75 Å². The number of hydrogen-bond donors (Lipinski definition) is 2. The van der Waals surface area contributed by atoms with Gasteiger partial charge in [0.15, 0.2) is 0 Å². The Morgan fingerprint density at radius 3 is 2.15 bits per heavy atom. The fourth-order valence-electron chi connectivity index (χ4n) is 2.67. The van der Waals surface area contributed by atoms with Gasteiger partial charge in [-0.1, -0.05) is 17.7 Å². The number of rotatable bonds is 5. The predicted octanol–water partition coefficient (Wildman–Crippen LogP) is 3.21. The standard InChI is InChI=1S/C18H21ClN2O4S/c1-10-8-11(2)13(4)17(12(10)3)26(23,24)21-20-18(22)15-9-14(19)6-7-16(15)25-5/h6-9,21H,1-5H3,(H,20,22). The van der Waals surface area contributed by atoms with E-state index in [2.05, 4.69) is 10.3 Å². The largest absolute Gasteiger partial charge is 0.496 e. The number of amides is 1. The Labute approximate surface area is 158 Å². The highest BCUT2D eigenvalue weighted by Gasteiger charge is 2.23. The third-order valence-corrected chi connectivity index (χ3v) is 6.03. The molecule has 140 valence electrons. The van der Waals surface area contributed by atoms with Crippen LogP contribution in [0, 0.1) is 27.7 Å². The molecule has 6 nitrogen and oxygen atoms in total. The fraction of sp³-hybridized carbons (Fsp3) is 0.278. The lowest BCUT2D eigenvalue weighted by Crippen LogP contribution is -2.42. The van der Waals surface area contributed by atoms with E-state index >= 15 is 0 Å². The van der Waals surface area contributed by atoms with Crippen LogP contribution in [0.2, 0.25) is 5.02 Å². The molecular formula is C18H21ClN2O4S. The van der Waals surface area contributed by atoms with Crippen molar-refractivity contribution in [2.24, 2.45) is 0 Å². The second-order valence-corrected chi connectivity index (χ2v) is 8.05. The molecule has 2 N–H and O–H groups in total. The van der Waals surface area contributed by atoms with Crippen LogP contribution in [0.1, 0.15) is 32.6 Å². The van der Waals surface area contributed by atoms with Crippen molar-refractivity contribution < 1.29 is 17.9 Å². The van der Waals surface area contributed by atoms with Crippen molar-refractivity contribution in [2.75, 3.05) is 7.11 Å². The normalized spacial score (nSPS) is 11.3. The molecule has 0 aliphatic heterocycles. The van der Waals surface area contributed by atoms with Crippen molar-refractivity contribution in [2.45, 2.75) is 32.6 Å². The molecule has 0 unspecified atom stereocenters. The van der Waals surface area contributed by atoms with Crippen LogP contribution < -0.4 is 15.0 Å². The molecule has 0 atom stereocenters. The topological polar surface area (TPSA) is 84.5 Å². The van der Waals surface area contributed by atoms with Gasteiger partial charge in [-0.15, -0.1) is 4.83 Å². The molecule has 0 saturated carbocycles. The maximum atomic E-state index is 12.8. The smallest absolute Gasteiger partial charge is 0.270 e. The summed E-state index contributed by atoms with van der Waals surface area (Å²) in [6.07, 6.45) is 0. The second-order valence-electron chi connectivity index (χ2n) is 5.99. The van der Waals surface area contributed by atoms with Gasteiger partial charge in [0.25, 0.3) is 15.9 Å². The first-order valence-corrected chi connectivity index (χ1v) is 9.67. The SMILES string of the molecule is COc1ccc(Cl)cc1C(=O)NNS(=O)(=O)c1c(C)c(C)cc(C)c1C.